The predicted octanol–water partition coefficient (Wildman–Crippen LogP) is 2.51. The van der Waals surface area contributed by atoms with Crippen molar-refractivity contribution in [2.45, 2.75) is 32.8 Å². The van der Waals surface area contributed by atoms with Crippen LogP contribution in [-0.4, -0.2) is 62.6 Å². The third kappa shape index (κ3) is 7.09. The molecule has 2 aromatic rings. The molecule has 0 aliphatic rings. The van der Waals surface area contributed by atoms with E-state index in [0.29, 0.717) is 30.9 Å². The molecule has 2 rings (SSSR count). The first-order valence-corrected chi connectivity index (χ1v) is 10.3. The lowest BCUT2D eigenvalue weighted by molar-refractivity contribution is -0.384. The fourth-order valence-electron chi connectivity index (χ4n) is 2.97. The van der Waals surface area contributed by atoms with Gasteiger partial charge >= 0.3 is 6.09 Å². The number of ether oxygens (including phenoxy) is 1. The maximum atomic E-state index is 12.5. The van der Waals surface area contributed by atoms with E-state index in [2.05, 4.69) is 10.6 Å². The highest BCUT2D eigenvalue weighted by Gasteiger charge is 2.20. The van der Waals surface area contributed by atoms with Gasteiger partial charge in [0.05, 0.1) is 16.8 Å². The Morgan fingerprint density at radius 3 is 2.27 bits per heavy atom. The molecule has 2 heterocycles. The van der Waals surface area contributed by atoms with Crippen LogP contribution in [0.5, 0.6) is 0 Å². The van der Waals surface area contributed by atoms with Gasteiger partial charge in [-0.05, 0) is 33.3 Å². The number of amides is 3. The predicted molar refractivity (Wildman–Crippen MR) is 121 cm³/mol. The number of carbonyl (C=O) groups is 3. The Labute approximate surface area is 191 Å². The van der Waals surface area contributed by atoms with E-state index >= 15 is 0 Å². The van der Waals surface area contributed by atoms with Crippen molar-refractivity contribution in [3.05, 3.63) is 46.0 Å². The quantitative estimate of drug-likeness (QED) is 0.351. The second-order valence-electron chi connectivity index (χ2n) is 8.64. The monoisotopic (exact) mass is 462 g/mol. The highest BCUT2D eigenvalue weighted by Crippen LogP contribution is 2.18. The first-order valence-electron chi connectivity index (χ1n) is 10.3. The minimum atomic E-state index is -0.576. The number of nitrogens with one attached hydrogen (secondary N) is 2. The van der Waals surface area contributed by atoms with Gasteiger partial charge in [0.1, 0.15) is 17.0 Å². The molecule has 12 nitrogen and oxygen atoms in total. The van der Waals surface area contributed by atoms with E-state index in [1.165, 1.54) is 34.8 Å². The highest BCUT2D eigenvalue weighted by atomic mass is 16.6. The molecule has 3 amide bonds. The number of carbonyl (C=O) groups excluding carboxylic acids is 3. The smallest absolute Gasteiger partial charge is 0.410 e. The maximum absolute atomic E-state index is 12.5. The van der Waals surface area contributed by atoms with Crippen LogP contribution < -0.4 is 10.6 Å². The Morgan fingerprint density at radius 2 is 1.70 bits per heavy atom. The molecule has 0 aromatic carbocycles. The highest BCUT2D eigenvalue weighted by molar-refractivity contribution is 6.04. The fraction of sp³-hybridized carbons (Fsp3) is 0.476. The zero-order valence-electron chi connectivity index (χ0n) is 19.7. The van der Waals surface area contributed by atoms with Crippen molar-refractivity contribution in [3.8, 4) is 0 Å². The second kappa shape index (κ2) is 10.2. The molecule has 0 saturated heterocycles. The maximum Gasteiger partial charge on any atom is 0.410 e. The zero-order valence-corrected chi connectivity index (χ0v) is 19.7. The zero-order chi connectivity index (χ0) is 24.9. The Bertz CT molecular complexity index is 1050. The van der Waals surface area contributed by atoms with Crippen LogP contribution in [0, 0.1) is 10.1 Å². The number of nitrogens with zero attached hydrogens (tertiary/aromatic N) is 4. The lowest BCUT2D eigenvalue weighted by atomic mass is 10.2. The second-order valence-corrected chi connectivity index (χ2v) is 8.64. The molecule has 0 unspecified atom stereocenters. The third-order valence-electron chi connectivity index (χ3n) is 4.59. The minimum absolute atomic E-state index is 0.116. The van der Waals surface area contributed by atoms with Gasteiger partial charge in [0.25, 0.3) is 17.5 Å². The summed E-state index contributed by atoms with van der Waals surface area (Å²) in [5, 5.41) is 16.3. The summed E-state index contributed by atoms with van der Waals surface area (Å²) in [6, 6.07) is 2.69. The van der Waals surface area contributed by atoms with Crippen LogP contribution in [0.2, 0.25) is 0 Å². The van der Waals surface area contributed by atoms with Crippen LogP contribution in [0.15, 0.2) is 24.5 Å². The molecule has 33 heavy (non-hydrogen) atoms. The van der Waals surface area contributed by atoms with Gasteiger partial charge < -0.3 is 29.4 Å². The number of hydrogen-bond donors (Lipinski definition) is 2. The summed E-state index contributed by atoms with van der Waals surface area (Å²) < 4.78 is 8.20. The molecule has 0 fully saturated rings. The Morgan fingerprint density at radius 1 is 1.09 bits per heavy atom. The summed E-state index contributed by atoms with van der Waals surface area (Å²) in [5.74, 6) is -0.874. The Hall–Kier alpha value is -3.83. The van der Waals surface area contributed by atoms with E-state index in [9.17, 15) is 24.5 Å². The topological polar surface area (TPSA) is 141 Å². The van der Waals surface area contributed by atoms with Crippen LogP contribution >= 0.6 is 0 Å². The number of rotatable bonds is 8. The molecule has 0 saturated carbocycles. The lowest BCUT2D eigenvalue weighted by Gasteiger charge is -2.24. The van der Waals surface area contributed by atoms with Crippen LogP contribution in [-0.2, 0) is 18.8 Å². The number of aromatic nitrogens is 2. The van der Waals surface area contributed by atoms with Crippen LogP contribution in [0.1, 0.15) is 48.2 Å². The van der Waals surface area contributed by atoms with Gasteiger partial charge in [-0.15, -0.1) is 0 Å². The van der Waals surface area contributed by atoms with Crippen LogP contribution in [0.3, 0.4) is 0 Å². The van der Waals surface area contributed by atoms with Crippen molar-refractivity contribution in [1.82, 2.24) is 19.4 Å². The molecule has 0 bridgehead atoms. The van der Waals surface area contributed by atoms with E-state index in [0.717, 1.165) is 0 Å². The number of hydrogen-bond acceptors (Lipinski definition) is 6. The van der Waals surface area contributed by atoms with Crippen molar-refractivity contribution in [1.29, 1.82) is 0 Å². The molecule has 180 valence electrons. The standard InChI is InChI=1S/C21H30N6O6/c1-21(2,3)33-20(30)24(4)9-7-8-22-18(28)16-10-14(12-25(16)5)23-19(29)17-11-15(27(31)32)13-26(17)6/h10-13H,7-9H2,1-6H3,(H,22,28)(H,23,29). The molecule has 0 aliphatic carbocycles. The van der Waals surface area contributed by atoms with Crippen molar-refractivity contribution >= 4 is 29.3 Å². The van der Waals surface area contributed by atoms with Crippen molar-refractivity contribution in [2.24, 2.45) is 14.1 Å². The third-order valence-corrected chi connectivity index (χ3v) is 4.59. The Balaban J connectivity index is 1.89. The van der Waals surface area contributed by atoms with Crippen LogP contribution in [0.4, 0.5) is 16.2 Å². The van der Waals surface area contributed by atoms with Crippen molar-refractivity contribution < 1.29 is 24.0 Å². The molecule has 0 aliphatic heterocycles. The molecular formula is C21H30N6O6. The van der Waals surface area contributed by atoms with E-state index in [1.807, 2.05) is 0 Å². The van der Waals surface area contributed by atoms with E-state index in [-0.39, 0.29) is 17.3 Å². The van der Waals surface area contributed by atoms with Gasteiger partial charge in [-0.3, -0.25) is 19.7 Å². The van der Waals surface area contributed by atoms with Gasteiger partial charge in [0.15, 0.2) is 0 Å². The molecular weight excluding hydrogens is 432 g/mol. The van der Waals surface area contributed by atoms with Gasteiger partial charge in [-0.1, -0.05) is 0 Å². The summed E-state index contributed by atoms with van der Waals surface area (Å²) in [4.78, 5) is 48.7. The SMILES string of the molecule is CN(CCCNC(=O)c1cc(NC(=O)c2cc([N+](=O)[O-])cn2C)cn1C)C(=O)OC(C)(C)C. The average molecular weight is 463 g/mol. The molecule has 2 aromatic heterocycles. The van der Waals surface area contributed by atoms with Gasteiger partial charge in [-0.25, -0.2) is 4.79 Å². The fourth-order valence-corrected chi connectivity index (χ4v) is 2.97. The first kappa shape index (κ1) is 25.4. The molecule has 0 spiro atoms. The lowest BCUT2D eigenvalue weighted by Crippen LogP contribution is -2.36. The first-order chi connectivity index (χ1) is 15.3. The largest absolute Gasteiger partial charge is 0.444 e. The minimum Gasteiger partial charge on any atom is -0.444 e. The van der Waals surface area contributed by atoms with Crippen molar-refractivity contribution in [2.75, 3.05) is 25.5 Å². The van der Waals surface area contributed by atoms with Gasteiger partial charge in [0.2, 0.25) is 0 Å². The molecule has 2 N–H and O–H groups in total. The van der Waals surface area contributed by atoms with E-state index in [4.69, 9.17) is 4.74 Å². The number of nitro groups is 1. The molecule has 12 heteroatoms. The number of anilines is 1. The summed E-state index contributed by atoms with van der Waals surface area (Å²) in [5.41, 5.74) is 0.0531. The Kier molecular flexibility index (Phi) is 7.85. The summed E-state index contributed by atoms with van der Waals surface area (Å²) in [7, 11) is 4.82. The van der Waals surface area contributed by atoms with Crippen molar-refractivity contribution in [3.63, 3.8) is 0 Å². The molecule has 0 atom stereocenters. The number of aryl methyl sites for hydroxylation is 2. The van der Waals surface area contributed by atoms with Crippen LogP contribution in [0.25, 0.3) is 0 Å². The summed E-state index contributed by atoms with van der Waals surface area (Å²) in [6.07, 6.45) is 2.92. The average Bonchev–Trinajstić information content (AvgIpc) is 3.26. The van der Waals surface area contributed by atoms with Gasteiger partial charge in [-0.2, -0.15) is 0 Å². The van der Waals surface area contributed by atoms with Gasteiger partial charge in [0, 0.05) is 46.5 Å². The van der Waals surface area contributed by atoms with E-state index < -0.39 is 22.5 Å². The normalized spacial score (nSPS) is 11.1. The van der Waals surface area contributed by atoms with E-state index in [1.54, 1.807) is 45.6 Å². The summed E-state index contributed by atoms with van der Waals surface area (Å²) >= 11 is 0. The summed E-state index contributed by atoms with van der Waals surface area (Å²) in [6.45, 7) is 6.12. The molecule has 0 radical (unpaired) electrons.